The number of hydrogen-bond acceptors (Lipinski definition) is 4. The summed E-state index contributed by atoms with van der Waals surface area (Å²) < 4.78 is 10.7. The SMILES string of the molecule is CC1CC1CNC(CN)c1ccc2c(c1)OCO2. The minimum Gasteiger partial charge on any atom is -0.454 e. The zero-order valence-corrected chi connectivity index (χ0v) is 10.7. The molecule has 1 saturated carbocycles. The molecule has 0 bridgehead atoms. The molecule has 1 fully saturated rings. The minimum atomic E-state index is 0.201. The van der Waals surface area contributed by atoms with Gasteiger partial charge in [0.25, 0.3) is 0 Å². The van der Waals surface area contributed by atoms with Crippen LogP contribution in [0, 0.1) is 11.8 Å². The molecule has 0 aromatic heterocycles. The van der Waals surface area contributed by atoms with Crippen LogP contribution >= 0.6 is 0 Å². The van der Waals surface area contributed by atoms with E-state index in [0.29, 0.717) is 13.3 Å². The van der Waals surface area contributed by atoms with Gasteiger partial charge in [0, 0.05) is 12.6 Å². The molecule has 98 valence electrons. The van der Waals surface area contributed by atoms with E-state index in [9.17, 15) is 0 Å². The van der Waals surface area contributed by atoms with Gasteiger partial charge in [-0.3, -0.25) is 0 Å². The van der Waals surface area contributed by atoms with Crippen LogP contribution in [0.1, 0.15) is 24.9 Å². The summed E-state index contributed by atoms with van der Waals surface area (Å²) >= 11 is 0. The second-order valence-corrected chi connectivity index (χ2v) is 5.28. The molecule has 1 heterocycles. The van der Waals surface area contributed by atoms with Gasteiger partial charge in [0.1, 0.15) is 0 Å². The summed E-state index contributed by atoms with van der Waals surface area (Å²) in [6.45, 7) is 4.27. The van der Waals surface area contributed by atoms with E-state index in [0.717, 1.165) is 29.9 Å². The van der Waals surface area contributed by atoms with Gasteiger partial charge in [-0.05, 0) is 42.5 Å². The molecule has 1 aliphatic carbocycles. The van der Waals surface area contributed by atoms with Crippen molar-refractivity contribution in [2.45, 2.75) is 19.4 Å². The number of nitrogens with one attached hydrogen (secondary N) is 1. The van der Waals surface area contributed by atoms with E-state index in [2.05, 4.69) is 18.3 Å². The van der Waals surface area contributed by atoms with E-state index < -0.39 is 0 Å². The fraction of sp³-hybridized carbons (Fsp3) is 0.571. The van der Waals surface area contributed by atoms with Crippen LogP contribution in [-0.2, 0) is 0 Å². The molecule has 2 aliphatic rings. The van der Waals surface area contributed by atoms with Crippen LogP contribution < -0.4 is 20.5 Å². The number of fused-ring (bicyclic) bond motifs is 1. The van der Waals surface area contributed by atoms with Gasteiger partial charge in [0.2, 0.25) is 6.79 Å². The maximum Gasteiger partial charge on any atom is 0.231 e. The Labute approximate surface area is 107 Å². The summed E-state index contributed by atoms with van der Waals surface area (Å²) in [6, 6.07) is 6.26. The van der Waals surface area contributed by atoms with Crippen molar-refractivity contribution in [1.82, 2.24) is 5.32 Å². The van der Waals surface area contributed by atoms with E-state index >= 15 is 0 Å². The predicted octanol–water partition coefficient (Wildman–Crippen LogP) is 1.66. The molecule has 3 N–H and O–H groups in total. The van der Waals surface area contributed by atoms with Crippen molar-refractivity contribution < 1.29 is 9.47 Å². The van der Waals surface area contributed by atoms with Gasteiger partial charge >= 0.3 is 0 Å². The lowest BCUT2D eigenvalue weighted by molar-refractivity contribution is 0.174. The fourth-order valence-electron chi connectivity index (χ4n) is 2.44. The lowest BCUT2D eigenvalue weighted by Crippen LogP contribution is -2.30. The first-order valence-corrected chi connectivity index (χ1v) is 6.61. The van der Waals surface area contributed by atoms with E-state index in [-0.39, 0.29) is 6.04 Å². The van der Waals surface area contributed by atoms with Gasteiger partial charge in [0.15, 0.2) is 11.5 Å². The van der Waals surface area contributed by atoms with Crippen LogP contribution in [0.15, 0.2) is 18.2 Å². The Morgan fingerprint density at radius 2 is 2.17 bits per heavy atom. The summed E-state index contributed by atoms with van der Waals surface area (Å²) in [7, 11) is 0. The van der Waals surface area contributed by atoms with Gasteiger partial charge in [-0.25, -0.2) is 0 Å². The molecule has 0 saturated heterocycles. The second kappa shape index (κ2) is 4.78. The highest BCUT2D eigenvalue weighted by Crippen LogP contribution is 2.38. The molecule has 1 aromatic carbocycles. The Bertz CT molecular complexity index is 436. The summed E-state index contributed by atoms with van der Waals surface area (Å²) in [4.78, 5) is 0. The molecular weight excluding hydrogens is 228 g/mol. The Balaban J connectivity index is 1.66. The van der Waals surface area contributed by atoms with E-state index in [1.54, 1.807) is 0 Å². The highest BCUT2D eigenvalue weighted by atomic mass is 16.7. The third kappa shape index (κ3) is 2.31. The van der Waals surface area contributed by atoms with Crippen molar-refractivity contribution in [2.75, 3.05) is 19.9 Å². The van der Waals surface area contributed by atoms with Crippen LogP contribution in [0.5, 0.6) is 11.5 Å². The zero-order chi connectivity index (χ0) is 12.5. The largest absolute Gasteiger partial charge is 0.454 e. The molecule has 1 aromatic rings. The van der Waals surface area contributed by atoms with Crippen molar-refractivity contribution >= 4 is 0 Å². The monoisotopic (exact) mass is 248 g/mol. The molecule has 4 nitrogen and oxygen atoms in total. The van der Waals surface area contributed by atoms with Gasteiger partial charge < -0.3 is 20.5 Å². The zero-order valence-electron chi connectivity index (χ0n) is 10.7. The molecule has 0 radical (unpaired) electrons. The average Bonchev–Trinajstić information content (AvgIpc) is 2.91. The number of rotatable bonds is 5. The summed E-state index contributed by atoms with van der Waals surface area (Å²) in [5, 5.41) is 3.55. The molecule has 0 amide bonds. The van der Waals surface area contributed by atoms with E-state index in [4.69, 9.17) is 15.2 Å². The van der Waals surface area contributed by atoms with Gasteiger partial charge in [-0.15, -0.1) is 0 Å². The molecule has 0 spiro atoms. The Morgan fingerprint density at radius 1 is 1.39 bits per heavy atom. The lowest BCUT2D eigenvalue weighted by atomic mass is 10.1. The highest BCUT2D eigenvalue weighted by molar-refractivity contribution is 5.45. The Hall–Kier alpha value is -1.26. The average molecular weight is 248 g/mol. The van der Waals surface area contributed by atoms with E-state index in [1.807, 2.05) is 12.1 Å². The normalized spacial score (nSPS) is 26.1. The van der Waals surface area contributed by atoms with Gasteiger partial charge in [-0.2, -0.15) is 0 Å². The quantitative estimate of drug-likeness (QED) is 0.832. The molecule has 3 atom stereocenters. The maximum absolute atomic E-state index is 5.86. The van der Waals surface area contributed by atoms with Crippen molar-refractivity contribution in [1.29, 1.82) is 0 Å². The Kier molecular flexibility index (Phi) is 3.14. The van der Waals surface area contributed by atoms with Crippen LogP contribution in [0.3, 0.4) is 0 Å². The molecule has 3 unspecified atom stereocenters. The minimum absolute atomic E-state index is 0.201. The van der Waals surface area contributed by atoms with Crippen LogP contribution in [-0.4, -0.2) is 19.9 Å². The molecule has 3 rings (SSSR count). The third-order valence-corrected chi connectivity index (χ3v) is 3.94. The van der Waals surface area contributed by atoms with Crippen molar-refractivity contribution in [3.8, 4) is 11.5 Å². The first-order valence-electron chi connectivity index (χ1n) is 6.61. The topological polar surface area (TPSA) is 56.5 Å². The fourth-order valence-corrected chi connectivity index (χ4v) is 2.44. The number of nitrogens with two attached hydrogens (primary N) is 1. The van der Waals surface area contributed by atoms with Gasteiger partial charge in [-0.1, -0.05) is 13.0 Å². The highest BCUT2D eigenvalue weighted by Gasteiger charge is 2.32. The molecule has 18 heavy (non-hydrogen) atoms. The van der Waals surface area contributed by atoms with Crippen LogP contribution in [0.25, 0.3) is 0 Å². The first kappa shape index (κ1) is 11.8. The standard InChI is InChI=1S/C14H20N2O2/c1-9-4-11(9)7-16-12(6-15)10-2-3-13-14(5-10)18-8-17-13/h2-3,5,9,11-12,16H,4,6-8,15H2,1H3. The number of hydrogen-bond donors (Lipinski definition) is 2. The number of benzene rings is 1. The van der Waals surface area contributed by atoms with Gasteiger partial charge in [0.05, 0.1) is 0 Å². The number of ether oxygens (including phenoxy) is 2. The van der Waals surface area contributed by atoms with Crippen molar-refractivity contribution in [3.63, 3.8) is 0 Å². The molecular formula is C14H20N2O2. The van der Waals surface area contributed by atoms with E-state index in [1.165, 1.54) is 12.0 Å². The first-order chi connectivity index (χ1) is 8.78. The lowest BCUT2D eigenvalue weighted by Gasteiger charge is -2.17. The molecule has 4 heteroatoms. The third-order valence-electron chi connectivity index (χ3n) is 3.94. The Morgan fingerprint density at radius 3 is 2.89 bits per heavy atom. The predicted molar refractivity (Wildman–Crippen MR) is 69.6 cm³/mol. The van der Waals surface area contributed by atoms with Crippen molar-refractivity contribution in [3.05, 3.63) is 23.8 Å². The summed E-state index contributed by atoms with van der Waals surface area (Å²) in [5.74, 6) is 3.35. The summed E-state index contributed by atoms with van der Waals surface area (Å²) in [5.41, 5.74) is 7.03. The van der Waals surface area contributed by atoms with Crippen molar-refractivity contribution in [2.24, 2.45) is 17.6 Å². The van der Waals surface area contributed by atoms with Crippen LogP contribution in [0.2, 0.25) is 0 Å². The smallest absolute Gasteiger partial charge is 0.231 e. The summed E-state index contributed by atoms with van der Waals surface area (Å²) in [6.07, 6.45) is 1.34. The molecule has 1 aliphatic heterocycles. The maximum atomic E-state index is 5.86. The second-order valence-electron chi connectivity index (χ2n) is 5.28. The van der Waals surface area contributed by atoms with Crippen LogP contribution in [0.4, 0.5) is 0 Å².